The Bertz CT molecular complexity index is 475. The lowest BCUT2D eigenvalue weighted by atomic mass is 9.85. The second kappa shape index (κ2) is 5.90. The molecule has 0 heterocycles. The van der Waals surface area contributed by atoms with Crippen molar-refractivity contribution >= 4 is 21.8 Å². The van der Waals surface area contributed by atoms with Crippen molar-refractivity contribution in [1.82, 2.24) is 4.90 Å². The van der Waals surface area contributed by atoms with E-state index in [9.17, 15) is 9.18 Å². The molecular formula is C14H17BrFNO2. The minimum absolute atomic E-state index is 0.100. The highest BCUT2D eigenvalue weighted by Crippen LogP contribution is 2.33. The molecule has 0 N–H and O–H groups in total. The van der Waals surface area contributed by atoms with Crippen molar-refractivity contribution in [2.24, 2.45) is 5.92 Å². The van der Waals surface area contributed by atoms with Crippen molar-refractivity contribution in [3.8, 4) is 5.75 Å². The number of rotatable bonds is 4. The molecule has 1 aliphatic carbocycles. The van der Waals surface area contributed by atoms with Gasteiger partial charge in [-0.25, -0.2) is 4.39 Å². The molecule has 1 amide bonds. The third-order valence-electron chi connectivity index (χ3n) is 3.46. The lowest BCUT2D eigenvalue weighted by molar-refractivity contribution is 0.0748. The predicted octanol–water partition coefficient (Wildman–Crippen LogP) is 3.08. The standard InChI is InChI=1S/C14H17BrFNO2/c1-17(8-9-5-11(15)6-9)14(18)10-3-4-12(16)13(7-10)19-2/h3-4,7,9,11H,5-6,8H2,1-2H3. The first kappa shape index (κ1) is 14.3. The number of hydrogen-bond donors (Lipinski definition) is 0. The summed E-state index contributed by atoms with van der Waals surface area (Å²) in [5.41, 5.74) is 0.454. The number of amides is 1. The summed E-state index contributed by atoms with van der Waals surface area (Å²) >= 11 is 3.54. The molecule has 0 saturated heterocycles. The molecule has 0 aromatic heterocycles. The van der Waals surface area contributed by atoms with E-state index < -0.39 is 5.82 Å². The van der Waals surface area contributed by atoms with E-state index in [1.54, 1.807) is 11.9 Å². The fourth-order valence-electron chi connectivity index (χ4n) is 2.29. The van der Waals surface area contributed by atoms with Gasteiger partial charge in [0.2, 0.25) is 0 Å². The van der Waals surface area contributed by atoms with E-state index >= 15 is 0 Å². The van der Waals surface area contributed by atoms with Crippen LogP contribution in [-0.2, 0) is 0 Å². The molecule has 0 atom stereocenters. The van der Waals surface area contributed by atoms with Crippen molar-refractivity contribution in [2.45, 2.75) is 17.7 Å². The Morgan fingerprint density at radius 2 is 2.21 bits per heavy atom. The minimum atomic E-state index is -0.456. The lowest BCUT2D eigenvalue weighted by Gasteiger charge is -2.34. The number of alkyl halides is 1. The maximum atomic E-state index is 13.3. The van der Waals surface area contributed by atoms with Crippen molar-refractivity contribution in [3.63, 3.8) is 0 Å². The predicted molar refractivity (Wildman–Crippen MR) is 75.4 cm³/mol. The third-order valence-corrected chi connectivity index (χ3v) is 4.20. The van der Waals surface area contributed by atoms with Crippen LogP contribution in [0.15, 0.2) is 18.2 Å². The van der Waals surface area contributed by atoms with Crippen LogP contribution < -0.4 is 4.74 Å². The normalized spacial score (nSPS) is 21.7. The third kappa shape index (κ3) is 3.26. The van der Waals surface area contributed by atoms with E-state index in [4.69, 9.17) is 4.74 Å². The van der Waals surface area contributed by atoms with Crippen LogP contribution >= 0.6 is 15.9 Å². The number of methoxy groups -OCH3 is 1. The number of carbonyl (C=O) groups is 1. The Morgan fingerprint density at radius 3 is 2.79 bits per heavy atom. The zero-order valence-electron chi connectivity index (χ0n) is 11.0. The monoisotopic (exact) mass is 329 g/mol. The molecule has 1 aromatic rings. The van der Waals surface area contributed by atoms with Crippen LogP contribution in [0.3, 0.4) is 0 Å². The van der Waals surface area contributed by atoms with Gasteiger partial charge in [-0.2, -0.15) is 0 Å². The van der Waals surface area contributed by atoms with Gasteiger partial charge in [0.15, 0.2) is 11.6 Å². The molecule has 1 aromatic carbocycles. The second-order valence-corrected chi connectivity index (χ2v) is 6.26. The summed E-state index contributed by atoms with van der Waals surface area (Å²) < 4.78 is 18.2. The molecule has 0 aliphatic heterocycles. The molecule has 0 unspecified atom stereocenters. The first-order chi connectivity index (χ1) is 9.01. The van der Waals surface area contributed by atoms with Crippen LogP contribution in [0, 0.1) is 11.7 Å². The zero-order chi connectivity index (χ0) is 14.0. The average Bonchev–Trinajstić information content (AvgIpc) is 2.36. The molecule has 1 fully saturated rings. The Hall–Kier alpha value is -1.10. The van der Waals surface area contributed by atoms with Gasteiger partial charge in [0.25, 0.3) is 5.91 Å². The maximum absolute atomic E-state index is 13.3. The molecule has 1 saturated carbocycles. The quantitative estimate of drug-likeness (QED) is 0.794. The SMILES string of the molecule is COc1cc(C(=O)N(C)CC2CC(Br)C2)ccc1F. The topological polar surface area (TPSA) is 29.5 Å². The summed E-state index contributed by atoms with van der Waals surface area (Å²) in [6.07, 6.45) is 2.20. The second-order valence-electron chi connectivity index (χ2n) is 4.97. The van der Waals surface area contributed by atoms with Crippen molar-refractivity contribution in [2.75, 3.05) is 20.7 Å². The Labute approximate surface area is 120 Å². The Kier molecular flexibility index (Phi) is 4.45. The molecule has 2 rings (SSSR count). The van der Waals surface area contributed by atoms with E-state index in [0.717, 1.165) is 19.4 Å². The number of benzene rings is 1. The molecule has 19 heavy (non-hydrogen) atoms. The van der Waals surface area contributed by atoms with E-state index in [1.807, 2.05) is 0 Å². The van der Waals surface area contributed by atoms with Crippen LogP contribution in [0.1, 0.15) is 23.2 Å². The Balaban J connectivity index is 2.02. The molecule has 1 aliphatic rings. The highest BCUT2D eigenvalue weighted by atomic mass is 79.9. The number of nitrogens with zero attached hydrogens (tertiary/aromatic N) is 1. The number of hydrogen-bond acceptors (Lipinski definition) is 2. The molecule has 104 valence electrons. The first-order valence-corrected chi connectivity index (χ1v) is 7.16. The number of carbonyl (C=O) groups excluding carboxylic acids is 1. The molecule has 5 heteroatoms. The van der Waals surface area contributed by atoms with E-state index in [1.165, 1.54) is 25.3 Å². The van der Waals surface area contributed by atoms with Gasteiger partial charge in [0, 0.05) is 24.0 Å². The smallest absolute Gasteiger partial charge is 0.253 e. The Morgan fingerprint density at radius 1 is 1.53 bits per heavy atom. The molecular weight excluding hydrogens is 313 g/mol. The van der Waals surface area contributed by atoms with Gasteiger partial charge in [-0.05, 0) is 37.0 Å². The van der Waals surface area contributed by atoms with Gasteiger partial charge in [-0.3, -0.25) is 4.79 Å². The largest absolute Gasteiger partial charge is 0.494 e. The summed E-state index contributed by atoms with van der Waals surface area (Å²) in [6.45, 7) is 0.737. The van der Waals surface area contributed by atoms with Crippen LogP contribution in [0.25, 0.3) is 0 Å². The molecule has 0 spiro atoms. The minimum Gasteiger partial charge on any atom is -0.494 e. The average molecular weight is 330 g/mol. The zero-order valence-corrected chi connectivity index (χ0v) is 12.6. The highest BCUT2D eigenvalue weighted by molar-refractivity contribution is 9.09. The highest BCUT2D eigenvalue weighted by Gasteiger charge is 2.29. The summed E-state index contributed by atoms with van der Waals surface area (Å²) in [4.78, 5) is 14.5. The van der Waals surface area contributed by atoms with Gasteiger partial charge in [0.05, 0.1) is 7.11 Å². The van der Waals surface area contributed by atoms with Gasteiger partial charge in [0.1, 0.15) is 0 Å². The molecule has 3 nitrogen and oxygen atoms in total. The van der Waals surface area contributed by atoms with Gasteiger partial charge in [-0.1, -0.05) is 15.9 Å². The van der Waals surface area contributed by atoms with Crippen LogP contribution in [0.5, 0.6) is 5.75 Å². The summed E-state index contributed by atoms with van der Waals surface area (Å²) in [7, 11) is 3.17. The lowest BCUT2D eigenvalue weighted by Crippen LogP contribution is -2.37. The van der Waals surface area contributed by atoms with Gasteiger partial charge < -0.3 is 9.64 Å². The summed E-state index contributed by atoms with van der Waals surface area (Å²) in [6, 6.07) is 4.20. The van der Waals surface area contributed by atoms with Crippen LogP contribution in [0.4, 0.5) is 4.39 Å². The number of halogens is 2. The maximum Gasteiger partial charge on any atom is 0.253 e. The van der Waals surface area contributed by atoms with Gasteiger partial charge in [-0.15, -0.1) is 0 Å². The molecule has 0 bridgehead atoms. The van der Waals surface area contributed by atoms with Gasteiger partial charge >= 0.3 is 0 Å². The fourth-order valence-corrected chi connectivity index (χ4v) is 3.34. The van der Waals surface area contributed by atoms with E-state index in [0.29, 0.717) is 16.3 Å². The first-order valence-electron chi connectivity index (χ1n) is 6.24. The van der Waals surface area contributed by atoms with Crippen LogP contribution in [0.2, 0.25) is 0 Å². The fraction of sp³-hybridized carbons (Fsp3) is 0.500. The van der Waals surface area contributed by atoms with E-state index in [2.05, 4.69) is 15.9 Å². The van der Waals surface area contributed by atoms with E-state index in [-0.39, 0.29) is 11.7 Å². The van der Waals surface area contributed by atoms with Crippen molar-refractivity contribution in [1.29, 1.82) is 0 Å². The van der Waals surface area contributed by atoms with Crippen LogP contribution in [-0.4, -0.2) is 36.3 Å². The van der Waals surface area contributed by atoms with Crippen molar-refractivity contribution < 1.29 is 13.9 Å². The molecule has 0 radical (unpaired) electrons. The number of ether oxygens (including phenoxy) is 1. The van der Waals surface area contributed by atoms with Crippen molar-refractivity contribution in [3.05, 3.63) is 29.6 Å². The summed E-state index contributed by atoms with van der Waals surface area (Å²) in [5.74, 6) is 0.100. The summed E-state index contributed by atoms with van der Waals surface area (Å²) in [5, 5.41) is 0.